The van der Waals surface area contributed by atoms with E-state index in [0.717, 1.165) is 34.7 Å². The molecule has 28 heavy (non-hydrogen) atoms. The summed E-state index contributed by atoms with van der Waals surface area (Å²) in [6.45, 7) is 18.2. The molecule has 0 aromatic heterocycles. The van der Waals surface area contributed by atoms with Crippen LogP contribution in [0.1, 0.15) is 49.9 Å². The number of hydrogen-bond acceptors (Lipinski definition) is 3. The average Bonchev–Trinajstić information content (AvgIpc) is 2.64. The third kappa shape index (κ3) is 7.85. The van der Waals surface area contributed by atoms with E-state index in [1.807, 2.05) is 44.4 Å². The van der Waals surface area contributed by atoms with Crippen LogP contribution in [0.3, 0.4) is 0 Å². The molecule has 0 spiro atoms. The number of thioether (sulfide) groups is 1. The van der Waals surface area contributed by atoms with Crippen molar-refractivity contribution >= 4 is 22.4 Å². The number of rotatable bonds is 7. The van der Waals surface area contributed by atoms with Gasteiger partial charge < -0.3 is 10.5 Å². The van der Waals surface area contributed by atoms with Crippen molar-refractivity contribution in [3.63, 3.8) is 0 Å². The SMILES string of the molecule is C=C(C)Cc1cc(C)c(N)cc1CC.C=C(SC)c1ccc(OC(C)C)cc1. The molecule has 2 nitrogen and oxygen atoms in total. The maximum absolute atomic E-state index is 5.87. The van der Waals surface area contributed by atoms with Gasteiger partial charge in [-0.25, -0.2) is 0 Å². The Hall–Kier alpha value is -2.13. The van der Waals surface area contributed by atoms with Crippen LogP contribution in [0, 0.1) is 6.92 Å². The zero-order valence-electron chi connectivity index (χ0n) is 18.3. The molecule has 2 aromatic rings. The number of anilines is 1. The molecule has 0 fully saturated rings. The Labute approximate surface area is 175 Å². The third-order valence-corrected chi connectivity index (χ3v) is 4.98. The number of allylic oxidation sites excluding steroid dienone is 1. The Balaban J connectivity index is 0.000000280. The smallest absolute Gasteiger partial charge is 0.119 e. The summed E-state index contributed by atoms with van der Waals surface area (Å²) in [5.74, 6) is 0.914. The van der Waals surface area contributed by atoms with E-state index in [9.17, 15) is 0 Å². The first-order chi connectivity index (χ1) is 13.2. The Morgan fingerprint density at radius 3 is 2.18 bits per heavy atom. The minimum absolute atomic E-state index is 0.226. The zero-order chi connectivity index (χ0) is 21.3. The summed E-state index contributed by atoms with van der Waals surface area (Å²) in [5, 5.41) is 0. The van der Waals surface area contributed by atoms with E-state index < -0.39 is 0 Å². The van der Waals surface area contributed by atoms with Crippen LogP contribution in [-0.4, -0.2) is 12.4 Å². The quantitative estimate of drug-likeness (QED) is 0.401. The van der Waals surface area contributed by atoms with Crippen LogP contribution in [0.25, 0.3) is 4.91 Å². The highest BCUT2D eigenvalue weighted by molar-refractivity contribution is 8.07. The normalized spacial score (nSPS) is 10.2. The number of aryl methyl sites for hydroxylation is 2. The molecule has 0 aliphatic carbocycles. The Morgan fingerprint density at radius 1 is 1.11 bits per heavy atom. The highest BCUT2D eigenvalue weighted by Crippen LogP contribution is 2.25. The van der Waals surface area contributed by atoms with E-state index >= 15 is 0 Å². The second-order valence-electron chi connectivity index (χ2n) is 7.28. The zero-order valence-corrected chi connectivity index (χ0v) is 19.1. The monoisotopic (exact) mass is 397 g/mol. The van der Waals surface area contributed by atoms with Crippen LogP contribution < -0.4 is 10.5 Å². The van der Waals surface area contributed by atoms with Gasteiger partial charge in [0.15, 0.2) is 0 Å². The van der Waals surface area contributed by atoms with Gasteiger partial charge in [-0.3, -0.25) is 0 Å². The van der Waals surface area contributed by atoms with Crippen LogP contribution >= 0.6 is 11.8 Å². The van der Waals surface area contributed by atoms with Gasteiger partial charge in [0, 0.05) is 10.6 Å². The molecule has 2 N–H and O–H groups in total. The first-order valence-electron chi connectivity index (χ1n) is 9.70. The van der Waals surface area contributed by atoms with Crippen LogP contribution in [0.15, 0.2) is 55.1 Å². The standard InChI is InChI=1S/C13H19N.C12H16OS/c1-5-11-8-13(14)10(4)7-12(11)6-9(2)3;1-9(2)13-12-7-5-11(6-8-12)10(3)14-4/h7-8H,2,5-6,14H2,1,3-4H3;5-9H,3H2,1-2,4H3. The van der Waals surface area contributed by atoms with Crippen molar-refractivity contribution < 1.29 is 4.74 Å². The minimum atomic E-state index is 0.226. The van der Waals surface area contributed by atoms with Gasteiger partial charge in [-0.1, -0.05) is 43.9 Å². The molecule has 0 saturated heterocycles. The average molecular weight is 398 g/mol. The van der Waals surface area contributed by atoms with Gasteiger partial charge in [0.05, 0.1) is 6.10 Å². The van der Waals surface area contributed by atoms with Crippen molar-refractivity contribution in [1.82, 2.24) is 0 Å². The van der Waals surface area contributed by atoms with E-state index in [1.54, 1.807) is 11.8 Å². The van der Waals surface area contributed by atoms with E-state index in [-0.39, 0.29) is 6.10 Å². The summed E-state index contributed by atoms with van der Waals surface area (Å²) < 4.78 is 5.55. The summed E-state index contributed by atoms with van der Waals surface area (Å²) in [6, 6.07) is 12.3. The molecule has 0 aliphatic heterocycles. The van der Waals surface area contributed by atoms with Crippen molar-refractivity contribution in [2.45, 2.75) is 53.6 Å². The van der Waals surface area contributed by atoms with Crippen LogP contribution in [0.4, 0.5) is 5.69 Å². The Bertz CT molecular complexity index is 791. The van der Waals surface area contributed by atoms with E-state index in [1.165, 1.54) is 22.3 Å². The maximum Gasteiger partial charge on any atom is 0.119 e. The van der Waals surface area contributed by atoms with E-state index in [2.05, 4.69) is 46.1 Å². The summed E-state index contributed by atoms with van der Waals surface area (Å²) in [7, 11) is 0. The van der Waals surface area contributed by atoms with Crippen molar-refractivity contribution in [3.05, 3.63) is 77.4 Å². The summed E-state index contributed by atoms with van der Waals surface area (Å²) in [5.41, 5.74) is 13.0. The molecule has 0 saturated carbocycles. The van der Waals surface area contributed by atoms with Gasteiger partial charge in [-0.15, -0.1) is 11.8 Å². The number of nitrogen functional groups attached to an aromatic ring is 1. The van der Waals surface area contributed by atoms with E-state index in [4.69, 9.17) is 10.5 Å². The van der Waals surface area contributed by atoms with Crippen LogP contribution in [-0.2, 0) is 12.8 Å². The molecule has 0 atom stereocenters. The fourth-order valence-electron chi connectivity index (χ4n) is 2.76. The van der Waals surface area contributed by atoms with Crippen LogP contribution in [0.5, 0.6) is 5.75 Å². The third-order valence-electron chi connectivity index (χ3n) is 4.26. The van der Waals surface area contributed by atoms with Crippen molar-refractivity contribution in [2.24, 2.45) is 0 Å². The fourth-order valence-corrected chi connectivity index (χ4v) is 3.13. The summed E-state index contributed by atoms with van der Waals surface area (Å²) in [6.07, 6.45) is 4.25. The summed E-state index contributed by atoms with van der Waals surface area (Å²) >= 11 is 1.66. The molecule has 152 valence electrons. The second-order valence-corrected chi connectivity index (χ2v) is 8.18. The van der Waals surface area contributed by atoms with Gasteiger partial charge in [0.2, 0.25) is 0 Å². The van der Waals surface area contributed by atoms with Gasteiger partial charge >= 0.3 is 0 Å². The number of nitrogens with two attached hydrogens (primary N) is 1. The lowest BCUT2D eigenvalue weighted by Crippen LogP contribution is -2.05. The molecule has 2 aromatic carbocycles. The molecule has 3 heteroatoms. The van der Waals surface area contributed by atoms with E-state index in [0.29, 0.717) is 0 Å². The maximum atomic E-state index is 5.87. The molecular formula is C25H35NOS. The topological polar surface area (TPSA) is 35.2 Å². The second kappa shape index (κ2) is 11.7. The van der Waals surface area contributed by atoms with Gasteiger partial charge in [-0.2, -0.15) is 0 Å². The predicted octanol–water partition coefficient (Wildman–Crippen LogP) is 7.07. The van der Waals surface area contributed by atoms with Gasteiger partial charge in [0.1, 0.15) is 5.75 Å². The number of hydrogen-bond donors (Lipinski definition) is 1. The lowest BCUT2D eigenvalue weighted by molar-refractivity contribution is 0.242. The highest BCUT2D eigenvalue weighted by Gasteiger charge is 2.04. The summed E-state index contributed by atoms with van der Waals surface area (Å²) in [4.78, 5) is 1.08. The number of ether oxygens (including phenoxy) is 1. The minimum Gasteiger partial charge on any atom is -0.491 e. The van der Waals surface area contributed by atoms with Gasteiger partial charge in [0.25, 0.3) is 0 Å². The molecule has 0 amide bonds. The molecular weight excluding hydrogens is 362 g/mol. The van der Waals surface area contributed by atoms with Crippen molar-refractivity contribution in [1.29, 1.82) is 0 Å². The lowest BCUT2D eigenvalue weighted by Gasteiger charge is -2.11. The predicted molar refractivity (Wildman–Crippen MR) is 128 cm³/mol. The van der Waals surface area contributed by atoms with Crippen molar-refractivity contribution in [3.8, 4) is 5.75 Å². The Kier molecular flexibility index (Phi) is 9.95. The highest BCUT2D eigenvalue weighted by atomic mass is 32.2. The fraction of sp³-hybridized carbons (Fsp3) is 0.360. The molecule has 2 rings (SSSR count). The molecule has 0 heterocycles. The largest absolute Gasteiger partial charge is 0.491 e. The van der Waals surface area contributed by atoms with Crippen molar-refractivity contribution in [2.75, 3.05) is 12.0 Å². The molecule has 0 aliphatic rings. The molecule has 0 radical (unpaired) electrons. The van der Waals surface area contributed by atoms with Gasteiger partial charge in [-0.05, 0) is 87.2 Å². The van der Waals surface area contributed by atoms with Crippen LogP contribution in [0.2, 0.25) is 0 Å². The first kappa shape index (κ1) is 23.9. The Morgan fingerprint density at radius 2 is 1.71 bits per heavy atom. The first-order valence-corrected chi connectivity index (χ1v) is 10.9. The lowest BCUT2D eigenvalue weighted by atomic mass is 9.96. The molecule has 0 bridgehead atoms. The number of benzene rings is 2. The molecule has 0 unspecified atom stereocenters.